The fourth-order valence-corrected chi connectivity index (χ4v) is 2.24. The first kappa shape index (κ1) is 14.4. The van der Waals surface area contributed by atoms with Gasteiger partial charge in [-0.3, -0.25) is 4.79 Å². The second kappa shape index (κ2) is 6.90. The van der Waals surface area contributed by atoms with E-state index >= 15 is 0 Å². The predicted octanol–water partition coefficient (Wildman–Crippen LogP) is 1.29. The number of amides is 2. The summed E-state index contributed by atoms with van der Waals surface area (Å²) in [5.41, 5.74) is 0. The van der Waals surface area contributed by atoms with Gasteiger partial charge in [0.05, 0.1) is 12.5 Å². The molecule has 2 N–H and O–H groups in total. The van der Waals surface area contributed by atoms with Crippen LogP contribution in [-0.4, -0.2) is 41.1 Å². The van der Waals surface area contributed by atoms with Crippen LogP contribution in [0.2, 0.25) is 0 Å². The van der Waals surface area contributed by atoms with Crippen molar-refractivity contribution in [1.29, 1.82) is 0 Å². The van der Waals surface area contributed by atoms with E-state index in [1.807, 2.05) is 6.92 Å². The molecule has 5 heteroatoms. The van der Waals surface area contributed by atoms with E-state index in [1.165, 1.54) is 0 Å². The zero-order valence-electron chi connectivity index (χ0n) is 10.7. The number of urea groups is 1. The molecule has 1 fully saturated rings. The van der Waals surface area contributed by atoms with Crippen molar-refractivity contribution in [3.8, 4) is 12.3 Å². The average Bonchev–Trinajstić information content (AvgIpc) is 2.77. The molecule has 0 aromatic rings. The predicted molar refractivity (Wildman–Crippen MR) is 68.0 cm³/mol. The monoisotopic (exact) mass is 252 g/mol. The Balaban J connectivity index is 2.44. The third-order valence-electron chi connectivity index (χ3n) is 3.17. The van der Waals surface area contributed by atoms with Crippen LogP contribution in [0.3, 0.4) is 0 Å². The molecule has 0 unspecified atom stereocenters. The standard InChI is InChI=1S/C13H20N2O3/c1-3-7-15(8-4-2)13(18)14-11-6-5-10(9-11)12(16)17/h1,10-11H,4-9H2,2H3,(H,14,18)(H,16,17)/t10-,11+/m1/s1. The molecular formula is C13H20N2O3. The van der Waals surface area contributed by atoms with Crippen molar-refractivity contribution < 1.29 is 14.7 Å². The Bertz CT molecular complexity index is 349. The summed E-state index contributed by atoms with van der Waals surface area (Å²) in [5, 5.41) is 11.8. The molecule has 0 saturated heterocycles. The van der Waals surface area contributed by atoms with E-state index in [9.17, 15) is 9.59 Å². The molecule has 0 radical (unpaired) electrons. The van der Waals surface area contributed by atoms with Gasteiger partial charge in [0.15, 0.2) is 0 Å². The summed E-state index contributed by atoms with van der Waals surface area (Å²) in [4.78, 5) is 24.3. The quantitative estimate of drug-likeness (QED) is 0.724. The molecule has 100 valence electrons. The Hall–Kier alpha value is -1.70. The van der Waals surface area contributed by atoms with Gasteiger partial charge in [-0.1, -0.05) is 12.8 Å². The molecule has 1 aliphatic rings. The zero-order chi connectivity index (χ0) is 13.5. The van der Waals surface area contributed by atoms with Crippen LogP contribution in [-0.2, 0) is 4.79 Å². The topological polar surface area (TPSA) is 69.6 Å². The molecule has 0 aliphatic heterocycles. The SMILES string of the molecule is C#CCN(CCC)C(=O)N[C@H]1CC[C@@H](C(=O)O)C1. The van der Waals surface area contributed by atoms with Crippen LogP contribution in [0.1, 0.15) is 32.6 Å². The van der Waals surface area contributed by atoms with Gasteiger partial charge in [0.25, 0.3) is 0 Å². The minimum absolute atomic E-state index is 0.0456. The van der Waals surface area contributed by atoms with E-state index in [0.717, 1.165) is 12.8 Å². The smallest absolute Gasteiger partial charge is 0.318 e. The van der Waals surface area contributed by atoms with Gasteiger partial charge in [-0.25, -0.2) is 4.79 Å². The normalized spacial score (nSPS) is 22.2. The van der Waals surface area contributed by atoms with E-state index in [1.54, 1.807) is 4.90 Å². The van der Waals surface area contributed by atoms with Gasteiger partial charge in [0.1, 0.15) is 0 Å². The zero-order valence-corrected chi connectivity index (χ0v) is 10.7. The maximum absolute atomic E-state index is 11.9. The number of carboxylic acid groups (broad SMARTS) is 1. The lowest BCUT2D eigenvalue weighted by Crippen LogP contribution is -2.44. The van der Waals surface area contributed by atoms with Crippen molar-refractivity contribution in [3.05, 3.63) is 0 Å². The second-order valence-corrected chi connectivity index (χ2v) is 4.62. The molecule has 1 rings (SSSR count). The summed E-state index contributed by atoms with van der Waals surface area (Å²) >= 11 is 0. The minimum atomic E-state index is -0.777. The maximum atomic E-state index is 11.9. The molecule has 18 heavy (non-hydrogen) atoms. The van der Waals surface area contributed by atoms with Crippen LogP contribution in [0, 0.1) is 18.3 Å². The first-order valence-corrected chi connectivity index (χ1v) is 6.30. The maximum Gasteiger partial charge on any atom is 0.318 e. The van der Waals surface area contributed by atoms with Crippen molar-refractivity contribution in [2.24, 2.45) is 5.92 Å². The van der Waals surface area contributed by atoms with E-state index in [0.29, 0.717) is 19.4 Å². The van der Waals surface area contributed by atoms with Crippen molar-refractivity contribution in [2.45, 2.75) is 38.6 Å². The number of rotatable bonds is 5. The van der Waals surface area contributed by atoms with Gasteiger partial charge in [-0.15, -0.1) is 6.42 Å². The molecule has 0 aromatic carbocycles. The minimum Gasteiger partial charge on any atom is -0.481 e. The summed E-state index contributed by atoms with van der Waals surface area (Å²) in [5.74, 6) is 1.35. The number of carbonyl (C=O) groups is 2. The number of hydrogen-bond donors (Lipinski definition) is 2. The van der Waals surface area contributed by atoms with Crippen molar-refractivity contribution in [2.75, 3.05) is 13.1 Å². The van der Waals surface area contributed by atoms with Crippen LogP contribution in [0.5, 0.6) is 0 Å². The Morgan fingerprint density at radius 3 is 2.72 bits per heavy atom. The molecule has 2 atom stereocenters. The van der Waals surface area contributed by atoms with Crippen molar-refractivity contribution >= 4 is 12.0 Å². The van der Waals surface area contributed by atoms with Gasteiger partial charge in [-0.2, -0.15) is 0 Å². The summed E-state index contributed by atoms with van der Waals surface area (Å²) in [6.07, 6.45) is 7.92. The molecule has 0 bridgehead atoms. The molecule has 1 aliphatic carbocycles. The van der Waals surface area contributed by atoms with Gasteiger partial charge >= 0.3 is 12.0 Å². The summed E-state index contributed by atoms with van der Waals surface area (Å²) < 4.78 is 0. The van der Waals surface area contributed by atoms with E-state index in [2.05, 4.69) is 11.2 Å². The molecule has 0 spiro atoms. The summed E-state index contributed by atoms with van der Waals surface area (Å²) in [6.45, 7) is 2.88. The highest BCUT2D eigenvalue weighted by atomic mass is 16.4. The van der Waals surface area contributed by atoms with Crippen LogP contribution < -0.4 is 5.32 Å². The van der Waals surface area contributed by atoms with E-state index < -0.39 is 5.97 Å². The number of nitrogens with zero attached hydrogens (tertiary/aromatic N) is 1. The molecule has 0 heterocycles. The largest absolute Gasteiger partial charge is 0.481 e. The van der Waals surface area contributed by atoms with Gasteiger partial charge in [-0.05, 0) is 25.7 Å². The van der Waals surface area contributed by atoms with E-state index in [4.69, 9.17) is 11.5 Å². The summed E-state index contributed by atoms with van der Waals surface area (Å²) in [7, 11) is 0. The Labute approximate surface area is 108 Å². The van der Waals surface area contributed by atoms with Gasteiger partial charge in [0, 0.05) is 12.6 Å². The molecule has 2 amide bonds. The van der Waals surface area contributed by atoms with Crippen LogP contribution in [0.15, 0.2) is 0 Å². The van der Waals surface area contributed by atoms with Crippen LogP contribution in [0.25, 0.3) is 0 Å². The lowest BCUT2D eigenvalue weighted by Gasteiger charge is -2.22. The number of carboxylic acids is 1. The number of carbonyl (C=O) groups excluding carboxylic acids is 1. The van der Waals surface area contributed by atoms with Crippen molar-refractivity contribution in [1.82, 2.24) is 10.2 Å². The third kappa shape index (κ3) is 3.95. The van der Waals surface area contributed by atoms with Crippen LogP contribution in [0.4, 0.5) is 4.79 Å². The molecule has 0 aromatic heterocycles. The van der Waals surface area contributed by atoms with Crippen molar-refractivity contribution in [3.63, 3.8) is 0 Å². The van der Waals surface area contributed by atoms with Crippen LogP contribution >= 0.6 is 0 Å². The average molecular weight is 252 g/mol. The highest BCUT2D eigenvalue weighted by Gasteiger charge is 2.31. The fourth-order valence-electron chi connectivity index (χ4n) is 2.24. The highest BCUT2D eigenvalue weighted by molar-refractivity contribution is 5.75. The van der Waals surface area contributed by atoms with Gasteiger partial charge < -0.3 is 15.3 Å². The highest BCUT2D eigenvalue weighted by Crippen LogP contribution is 2.25. The Morgan fingerprint density at radius 2 is 2.22 bits per heavy atom. The number of hydrogen-bond acceptors (Lipinski definition) is 2. The second-order valence-electron chi connectivity index (χ2n) is 4.62. The first-order chi connectivity index (χ1) is 8.58. The Kier molecular flexibility index (Phi) is 5.50. The molecule has 1 saturated carbocycles. The lowest BCUT2D eigenvalue weighted by atomic mass is 10.1. The number of aliphatic carboxylic acids is 1. The Morgan fingerprint density at radius 1 is 1.50 bits per heavy atom. The van der Waals surface area contributed by atoms with Gasteiger partial charge in [0.2, 0.25) is 0 Å². The third-order valence-corrected chi connectivity index (χ3v) is 3.17. The first-order valence-electron chi connectivity index (χ1n) is 6.30. The number of nitrogens with one attached hydrogen (secondary N) is 1. The molecule has 5 nitrogen and oxygen atoms in total. The molecular weight excluding hydrogens is 232 g/mol. The lowest BCUT2D eigenvalue weighted by molar-refractivity contribution is -0.141. The number of terminal acetylenes is 1. The van der Waals surface area contributed by atoms with E-state index in [-0.39, 0.29) is 24.5 Å². The fraction of sp³-hybridized carbons (Fsp3) is 0.692. The summed E-state index contributed by atoms with van der Waals surface area (Å²) in [6, 6.07) is -0.235.